The number of nitrogens with zero attached hydrogens (tertiary/aromatic N) is 2. The number of hydrogen-bond acceptors (Lipinski definition) is 0. The predicted octanol–water partition coefficient (Wildman–Crippen LogP) is 7.28. The van der Waals surface area contributed by atoms with Crippen molar-refractivity contribution < 1.29 is 4.57 Å². The molecule has 1 aliphatic heterocycles. The van der Waals surface area contributed by atoms with Crippen LogP contribution in [0.4, 0.5) is 0 Å². The minimum absolute atomic E-state index is 0.896. The molecule has 4 aromatic carbocycles. The Morgan fingerprint density at radius 3 is 1.88 bits per heavy atom. The molecule has 0 saturated heterocycles. The molecule has 3 heterocycles. The number of benzene rings is 4. The molecule has 2 aromatic heterocycles. The quantitative estimate of drug-likeness (QED) is 0.258. The summed E-state index contributed by atoms with van der Waals surface area (Å²) in [6, 6.07) is 43.5. The molecule has 0 unspecified atom stereocenters. The maximum Gasteiger partial charge on any atom is 0.230 e. The first-order valence-corrected chi connectivity index (χ1v) is 11.8. The van der Waals surface area contributed by atoms with Crippen molar-refractivity contribution in [2.45, 2.75) is 6.54 Å². The maximum absolute atomic E-state index is 2.51. The molecule has 7 rings (SSSR count). The summed E-state index contributed by atoms with van der Waals surface area (Å²) in [5, 5.41) is 1.32. The SMILES string of the molecule is c1ccc(-c2cccc(-c3ccccc3)c2-n2c3c(c4ccccc42)C[n+]2ccccc2-3)cc1. The number of pyridine rings is 1. The number of fused-ring (bicyclic) bond motifs is 5. The van der Waals surface area contributed by atoms with Crippen molar-refractivity contribution in [3.05, 3.63) is 133 Å². The Bertz CT molecular complexity index is 1600. The lowest BCUT2D eigenvalue weighted by Crippen LogP contribution is -2.31. The molecule has 0 bridgehead atoms. The summed E-state index contributed by atoms with van der Waals surface area (Å²) in [4.78, 5) is 0. The second kappa shape index (κ2) is 7.57. The summed E-state index contributed by atoms with van der Waals surface area (Å²) in [7, 11) is 0. The highest BCUT2D eigenvalue weighted by Gasteiger charge is 2.34. The van der Waals surface area contributed by atoms with Gasteiger partial charge in [-0.2, -0.15) is 4.57 Å². The van der Waals surface area contributed by atoms with Gasteiger partial charge in [0.15, 0.2) is 12.7 Å². The van der Waals surface area contributed by atoms with Crippen LogP contribution in [0, 0.1) is 0 Å². The van der Waals surface area contributed by atoms with Gasteiger partial charge in [0, 0.05) is 28.6 Å². The zero-order chi connectivity index (χ0) is 22.5. The Balaban J connectivity index is 1.66. The molecule has 0 spiro atoms. The number of hydrogen-bond donors (Lipinski definition) is 0. The second-order valence-electron chi connectivity index (χ2n) is 8.83. The van der Waals surface area contributed by atoms with Crippen LogP contribution < -0.4 is 4.57 Å². The summed E-state index contributed by atoms with van der Waals surface area (Å²) in [6.07, 6.45) is 2.19. The van der Waals surface area contributed by atoms with Gasteiger partial charge in [-0.15, -0.1) is 0 Å². The van der Waals surface area contributed by atoms with E-state index in [1.54, 1.807) is 0 Å². The monoisotopic (exact) mass is 435 g/mol. The molecule has 160 valence electrons. The Morgan fingerprint density at radius 2 is 1.18 bits per heavy atom. The first kappa shape index (κ1) is 19.1. The standard InChI is InChI=1S/C32H23N2/c1-3-12-23(13-4-1)25-17-11-18-26(24-14-5-2-6-15-24)31(25)34-29-19-8-7-16-27(29)28-22-33-21-10-9-20-30(33)32(28)34/h1-21H,22H2/q+1. The van der Waals surface area contributed by atoms with E-state index >= 15 is 0 Å². The molecular weight excluding hydrogens is 412 g/mol. The highest BCUT2D eigenvalue weighted by molar-refractivity contribution is 5.97. The van der Waals surface area contributed by atoms with Crippen LogP contribution in [0.5, 0.6) is 0 Å². The molecule has 0 aliphatic carbocycles. The van der Waals surface area contributed by atoms with Gasteiger partial charge in [-0.05, 0) is 23.3 Å². The van der Waals surface area contributed by atoms with Gasteiger partial charge in [0.25, 0.3) is 0 Å². The summed E-state index contributed by atoms with van der Waals surface area (Å²) >= 11 is 0. The third-order valence-corrected chi connectivity index (χ3v) is 6.92. The average molecular weight is 436 g/mol. The molecule has 0 radical (unpaired) electrons. The number of rotatable bonds is 3. The van der Waals surface area contributed by atoms with E-state index in [4.69, 9.17) is 0 Å². The van der Waals surface area contributed by atoms with E-state index in [0.29, 0.717) is 0 Å². The molecular formula is C32H23N2+. The van der Waals surface area contributed by atoms with Crippen molar-refractivity contribution in [3.63, 3.8) is 0 Å². The smallest absolute Gasteiger partial charge is 0.230 e. The highest BCUT2D eigenvalue weighted by atomic mass is 15.1. The molecule has 2 heteroatoms. The predicted molar refractivity (Wildman–Crippen MR) is 139 cm³/mol. The number of para-hydroxylation sites is 2. The van der Waals surface area contributed by atoms with Crippen molar-refractivity contribution in [1.82, 2.24) is 4.57 Å². The molecule has 0 N–H and O–H groups in total. The normalized spacial score (nSPS) is 12.0. The topological polar surface area (TPSA) is 8.81 Å². The first-order chi connectivity index (χ1) is 16.9. The van der Waals surface area contributed by atoms with E-state index in [9.17, 15) is 0 Å². The minimum atomic E-state index is 0.896. The van der Waals surface area contributed by atoms with Crippen LogP contribution >= 0.6 is 0 Å². The summed E-state index contributed by atoms with van der Waals surface area (Å²) in [5.74, 6) is 0. The van der Waals surface area contributed by atoms with E-state index in [2.05, 4.69) is 137 Å². The van der Waals surface area contributed by atoms with Gasteiger partial charge in [0.1, 0.15) is 5.69 Å². The third kappa shape index (κ3) is 2.79. The Morgan fingerprint density at radius 1 is 0.559 bits per heavy atom. The van der Waals surface area contributed by atoms with E-state index in [1.807, 2.05) is 0 Å². The molecule has 6 aromatic rings. The van der Waals surface area contributed by atoms with Crippen molar-refractivity contribution in [3.8, 4) is 39.3 Å². The first-order valence-electron chi connectivity index (χ1n) is 11.8. The molecule has 0 saturated carbocycles. The van der Waals surface area contributed by atoms with Crippen LogP contribution in [0.15, 0.2) is 128 Å². The summed E-state index contributed by atoms with van der Waals surface area (Å²) in [6.45, 7) is 0.896. The van der Waals surface area contributed by atoms with Crippen LogP contribution in [0.1, 0.15) is 5.56 Å². The highest BCUT2D eigenvalue weighted by Crippen LogP contribution is 2.44. The summed E-state index contributed by atoms with van der Waals surface area (Å²) in [5.41, 5.74) is 11.3. The molecule has 0 atom stereocenters. The van der Waals surface area contributed by atoms with Gasteiger partial charge in [-0.1, -0.05) is 97.1 Å². The molecule has 1 aliphatic rings. The fourth-order valence-corrected chi connectivity index (χ4v) is 5.45. The van der Waals surface area contributed by atoms with Crippen molar-refractivity contribution in [2.75, 3.05) is 0 Å². The zero-order valence-electron chi connectivity index (χ0n) is 18.7. The number of aromatic nitrogens is 2. The van der Waals surface area contributed by atoms with Crippen LogP contribution in [-0.4, -0.2) is 4.57 Å². The van der Waals surface area contributed by atoms with Crippen LogP contribution in [0.2, 0.25) is 0 Å². The molecule has 0 fully saturated rings. The Kier molecular flexibility index (Phi) is 4.25. The van der Waals surface area contributed by atoms with Gasteiger partial charge >= 0.3 is 0 Å². The molecule has 2 nitrogen and oxygen atoms in total. The Hall–Kier alpha value is -4.43. The average Bonchev–Trinajstić information content (AvgIpc) is 3.44. The van der Waals surface area contributed by atoms with Crippen LogP contribution in [0.25, 0.3) is 50.2 Å². The second-order valence-corrected chi connectivity index (χ2v) is 8.83. The van der Waals surface area contributed by atoms with Gasteiger partial charge in [0.2, 0.25) is 5.69 Å². The maximum atomic E-state index is 2.51. The third-order valence-electron chi connectivity index (χ3n) is 6.92. The largest absolute Gasteiger partial charge is 0.302 e. The van der Waals surface area contributed by atoms with Gasteiger partial charge < -0.3 is 4.57 Å². The van der Waals surface area contributed by atoms with Gasteiger partial charge in [-0.25, -0.2) is 0 Å². The lowest BCUT2D eigenvalue weighted by atomic mass is 9.95. The lowest BCUT2D eigenvalue weighted by Gasteiger charge is -2.19. The zero-order valence-corrected chi connectivity index (χ0v) is 18.7. The minimum Gasteiger partial charge on any atom is -0.302 e. The molecule has 0 amide bonds. The van der Waals surface area contributed by atoms with E-state index in [0.717, 1.165) is 6.54 Å². The Labute approximate surface area is 199 Å². The molecule has 34 heavy (non-hydrogen) atoms. The van der Waals surface area contributed by atoms with Crippen molar-refractivity contribution in [2.24, 2.45) is 0 Å². The summed E-state index contributed by atoms with van der Waals surface area (Å²) < 4.78 is 4.87. The van der Waals surface area contributed by atoms with E-state index < -0.39 is 0 Å². The van der Waals surface area contributed by atoms with Crippen LogP contribution in [0.3, 0.4) is 0 Å². The van der Waals surface area contributed by atoms with Crippen LogP contribution in [-0.2, 0) is 6.54 Å². The van der Waals surface area contributed by atoms with Gasteiger partial charge in [-0.3, -0.25) is 0 Å². The fourth-order valence-electron chi connectivity index (χ4n) is 5.45. The van der Waals surface area contributed by atoms with E-state index in [1.165, 1.54) is 55.8 Å². The van der Waals surface area contributed by atoms with E-state index in [-0.39, 0.29) is 0 Å². The lowest BCUT2D eigenvalue weighted by molar-refractivity contribution is -0.672. The van der Waals surface area contributed by atoms with Gasteiger partial charge in [0.05, 0.1) is 16.8 Å². The van der Waals surface area contributed by atoms with Crippen molar-refractivity contribution in [1.29, 1.82) is 0 Å². The van der Waals surface area contributed by atoms with Crippen molar-refractivity contribution >= 4 is 10.9 Å². The fraction of sp³-hybridized carbons (Fsp3) is 0.0312.